The van der Waals surface area contributed by atoms with Gasteiger partial charge in [0.15, 0.2) is 0 Å². The molecule has 276 valence electrons. The summed E-state index contributed by atoms with van der Waals surface area (Å²) in [5.41, 5.74) is 0. The number of allylic oxidation sites excluding steroid dienone is 4. The molecule has 0 aliphatic heterocycles. The summed E-state index contributed by atoms with van der Waals surface area (Å²) in [7, 11) is 0. The van der Waals surface area contributed by atoms with Gasteiger partial charge in [-0.25, -0.2) is 0 Å². The van der Waals surface area contributed by atoms with Crippen LogP contribution >= 0.6 is 0 Å². The number of unbranched alkanes of at least 4 members (excludes halogenated alkanes) is 19. The second kappa shape index (κ2) is 35.6. The van der Waals surface area contributed by atoms with Crippen molar-refractivity contribution in [2.45, 2.75) is 219 Å². The highest BCUT2D eigenvalue weighted by molar-refractivity contribution is 5.77. The van der Waals surface area contributed by atoms with Crippen molar-refractivity contribution in [2.75, 3.05) is 6.61 Å². The quantitative estimate of drug-likeness (QED) is 0.0356. The first-order valence-corrected chi connectivity index (χ1v) is 20.1. The molecule has 0 saturated carbocycles. The van der Waals surface area contributed by atoms with E-state index in [0.717, 1.165) is 83.5 Å². The van der Waals surface area contributed by atoms with Gasteiger partial charge in [-0.3, -0.25) is 9.59 Å². The maximum absolute atomic E-state index is 13.0. The van der Waals surface area contributed by atoms with E-state index in [4.69, 9.17) is 4.74 Å². The lowest BCUT2D eigenvalue weighted by molar-refractivity contribution is -0.151. The molecule has 6 heteroatoms. The van der Waals surface area contributed by atoms with E-state index >= 15 is 0 Å². The van der Waals surface area contributed by atoms with Crippen molar-refractivity contribution in [2.24, 2.45) is 0 Å². The highest BCUT2D eigenvalue weighted by Crippen LogP contribution is 2.16. The van der Waals surface area contributed by atoms with Gasteiger partial charge in [-0.1, -0.05) is 148 Å². The third-order valence-corrected chi connectivity index (χ3v) is 8.98. The fourth-order valence-electron chi connectivity index (χ4n) is 5.88. The zero-order valence-corrected chi connectivity index (χ0v) is 31.2. The summed E-state index contributed by atoms with van der Waals surface area (Å²) in [6.07, 6.45) is 36.7. The van der Waals surface area contributed by atoms with Crippen molar-refractivity contribution in [3.63, 3.8) is 0 Å². The highest BCUT2D eigenvalue weighted by Gasteiger charge is 2.24. The van der Waals surface area contributed by atoms with Crippen molar-refractivity contribution in [3.8, 4) is 0 Å². The van der Waals surface area contributed by atoms with Gasteiger partial charge in [-0.2, -0.15) is 0 Å². The van der Waals surface area contributed by atoms with Crippen LogP contribution in [0.3, 0.4) is 0 Å². The van der Waals surface area contributed by atoms with E-state index in [1.807, 2.05) is 0 Å². The van der Waals surface area contributed by atoms with Crippen LogP contribution in [-0.2, 0) is 14.3 Å². The molecule has 0 fully saturated rings. The van der Waals surface area contributed by atoms with Gasteiger partial charge in [0.2, 0.25) is 5.91 Å². The summed E-state index contributed by atoms with van der Waals surface area (Å²) in [4.78, 5) is 25.7. The van der Waals surface area contributed by atoms with Crippen LogP contribution in [-0.4, -0.2) is 46.9 Å². The number of aliphatic hydroxyl groups is 2. The lowest BCUT2D eigenvalue weighted by Crippen LogP contribution is -2.46. The second-order valence-corrected chi connectivity index (χ2v) is 13.7. The van der Waals surface area contributed by atoms with E-state index in [1.165, 1.54) is 70.6 Å². The van der Waals surface area contributed by atoms with E-state index < -0.39 is 18.2 Å². The molecule has 0 bridgehead atoms. The normalized spacial score (nSPS) is 13.7. The van der Waals surface area contributed by atoms with Crippen molar-refractivity contribution in [1.29, 1.82) is 0 Å². The standard InChI is InChI=1S/C41H77NO5/c1-4-7-10-13-16-19-22-25-28-31-34-41(46)47-37(32-29-26-23-20-17-14-11-8-5-2)35-40(45)42-38(36-43)39(44)33-30-27-24-21-18-15-12-9-6-3/h10,13-14,17,37-39,43-44H,4-9,11-12,15-16,18-36H2,1-3H3,(H,42,45)/b13-10-,17-14-. The van der Waals surface area contributed by atoms with Gasteiger partial charge in [-0.05, 0) is 64.2 Å². The number of hydrogen-bond donors (Lipinski definition) is 3. The maximum Gasteiger partial charge on any atom is 0.306 e. The van der Waals surface area contributed by atoms with E-state index in [2.05, 4.69) is 50.4 Å². The maximum atomic E-state index is 13.0. The molecule has 47 heavy (non-hydrogen) atoms. The van der Waals surface area contributed by atoms with Crippen LogP contribution in [0.15, 0.2) is 24.3 Å². The molecule has 0 aliphatic rings. The number of ether oxygens (including phenoxy) is 1. The Kier molecular flexibility index (Phi) is 34.4. The molecule has 0 aromatic rings. The van der Waals surface area contributed by atoms with Crippen LogP contribution in [0.25, 0.3) is 0 Å². The minimum atomic E-state index is -0.785. The number of nitrogens with one attached hydrogen (secondary N) is 1. The molecule has 6 nitrogen and oxygen atoms in total. The molecular weight excluding hydrogens is 586 g/mol. The lowest BCUT2D eigenvalue weighted by atomic mass is 10.0. The summed E-state index contributed by atoms with van der Waals surface area (Å²) in [6.45, 7) is 6.32. The molecular formula is C41H77NO5. The molecule has 0 heterocycles. The van der Waals surface area contributed by atoms with E-state index in [0.29, 0.717) is 19.3 Å². The SMILES string of the molecule is CCC/C=C\CCCCCCCC(=O)OC(CCCCC/C=C\CCCC)CC(=O)NC(CO)C(O)CCCCCCCCCCC. The average molecular weight is 664 g/mol. The van der Waals surface area contributed by atoms with Crippen LogP contribution in [0.2, 0.25) is 0 Å². The summed E-state index contributed by atoms with van der Waals surface area (Å²) >= 11 is 0. The van der Waals surface area contributed by atoms with Gasteiger partial charge in [0.05, 0.1) is 25.2 Å². The Morgan fingerprint density at radius 2 is 1.09 bits per heavy atom. The van der Waals surface area contributed by atoms with E-state index in [1.54, 1.807) is 0 Å². The van der Waals surface area contributed by atoms with Crippen LogP contribution in [0.4, 0.5) is 0 Å². The smallest absolute Gasteiger partial charge is 0.306 e. The van der Waals surface area contributed by atoms with E-state index in [9.17, 15) is 19.8 Å². The summed E-state index contributed by atoms with van der Waals surface area (Å²) in [5, 5.41) is 23.4. The molecule has 0 aromatic heterocycles. The molecule has 0 radical (unpaired) electrons. The molecule has 3 N–H and O–H groups in total. The first-order chi connectivity index (χ1) is 23.0. The molecule has 3 unspecified atom stereocenters. The van der Waals surface area contributed by atoms with Crippen molar-refractivity contribution in [3.05, 3.63) is 24.3 Å². The molecule has 0 aliphatic carbocycles. The van der Waals surface area contributed by atoms with Crippen LogP contribution in [0.1, 0.15) is 201 Å². The molecule has 3 atom stereocenters. The summed E-state index contributed by atoms with van der Waals surface area (Å²) in [6, 6.07) is -0.700. The Morgan fingerprint density at radius 1 is 0.596 bits per heavy atom. The first kappa shape index (κ1) is 45.3. The van der Waals surface area contributed by atoms with Crippen LogP contribution in [0.5, 0.6) is 0 Å². The van der Waals surface area contributed by atoms with Gasteiger partial charge >= 0.3 is 5.97 Å². The van der Waals surface area contributed by atoms with Gasteiger partial charge in [0, 0.05) is 6.42 Å². The molecule has 0 rings (SSSR count). The third kappa shape index (κ3) is 31.4. The van der Waals surface area contributed by atoms with E-state index in [-0.39, 0.29) is 24.9 Å². The highest BCUT2D eigenvalue weighted by atomic mass is 16.5. The van der Waals surface area contributed by atoms with Crippen molar-refractivity contribution < 1.29 is 24.5 Å². The largest absolute Gasteiger partial charge is 0.462 e. The molecule has 0 aromatic carbocycles. The number of amides is 1. The summed E-state index contributed by atoms with van der Waals surface area (Å²) < 4.78 is 5.84. The second-order valence-electron chi connectivity index (χ2n) is 13.7. The number of hydrogen-bond acceptors (Lipinski definition) is 5. The molecule has 1 amide bonds. The Labute approximate surface area is 291 Å². The Morgan fingerprint density at radius 3 is 1.68 bits per heavy atom. The Hall–Kier alpha value is -1.66. The van der Waals surface area contributed by atoms with Gasteiger partial charge in [0.25, 0.3) is 0 Å². The lowest BCUT2D eigenvalue weighted by Gasteiger charge is -2.24. The first-order valence-electron chi connectivity index (χ1n) is 20.1. The van der Waals surface area contributed by atoms with Gasteiger partial charge in [0.1, 0.15) is 6.10 Å². The predicted octanol–water partition coefficient (Wildman–Crippen LogP) is 10.8. The van der Waals surface area contributed by atoms with Gasteiger partial charge in [-0.15, -0.1) is 0 Å². The number of rotatable bonds is 35. The monoisotopic (exact) mass is 664 g/mol. The third-order valence-electron chi connectivity index (χ3n) is 8.98. The number of carbonyl (C=O) groups is 2. The molecule has 0 saturated heterocycles. The Balaban J connectivity index is 4.62. The number of carbonyl (C=O) groups excluding carboxylic acids is 2. The fraction of sp³-hybridized carbons (Fsp3) is 0.854. The fourth-order valence-corrected chi connectivity index (χ4v) is 5.88. The van der Waals surface area contributed by atoms with Crippen molar-refractivity contribution in [1.82, 2.24) is 5.32 Å². The van der Waals surface area contributed by atoms with Crippen LogP contribution in [0, 0.1) is 0 Å². The zero-order valence-electron chi connectivity index (χ0n) is 31.2. The summed E-state index contributed by atoms with van der Waals surface area (Å²) in [5.74, 6) is -0.506. The van der Waals surface area contributed by atoms with Gasteiger partial charge < -0.3 is 20.3 Å². The Bertz CT molecular complexity index is 752. The average Bonchev–Trinajstić information content (AvgIpc) is 3.06. The minimum absolute atomic E-state index is 0.0649. The zero-order chi connectivity index (χ0) is 34.6. The van der Waals surface area contributed by atoms with Crippen molar-refractivity contribution >= 4 is 11.9 Å². The van der Waals surface area contributed by atoms with Crippen LogP contribution < -0.4 is 5.32 Å². The molecule has 0 spiro atoms. The topological polar surface area (TPSA) is 95.9 Å². The minimum Gasteiger partial charge on any atom is -0.462 e. The number of aliphatic hydroxyl groups excluding tert-OH is 2. The predicted molar refractivity (Wildman–Crippen MR) is 199 cm³/mol. The number of esters is 1.